The van der Waals surface area contributed by atoms with Crippen molar-refractivity contribution in [3.8, 4) is 5.75 Å². The Bertz CT molecular complexity index is 493. The van der Waals surface area contributed by atoms with Crippen LogP contribution in [0, 0.1) is 0 Å². The van der Waals surface area contributed by atoms with Crippen molar-refractivity contribution in [2.45, 2.75) is 50.0 Å². The van der Waals surface area contributed by atoms with Crippen LogP contribution in [0.1, 0.15) is 43.6 Å². The van der Waals surface area contributed by atoms with Crippen LogP contribution < -0.4 is 4.74 Å². The van der Waals surface area contributed by atoms with E-state index in [0.29, 0.717) is 24.7 Å². The first-order valence-corrected chi connectivity index (χ1v) is 6.87. The summed E-state index contributed by atoms with van der Waals surface area (Å²) in [6.07, 6.45) is -0.624. The molecule has 1 unspecified atom stereocenters. The van der Waals surface area contributed by atoms with Gasteiger partial charge in [-0.15, -0.1) is 13.2 Å². The lowest BCUT2D eigenvalue weighted by Crippen LogP contribution is -2.39. The molecule has 1 aromatic carbocycles. The minimum absolute atomic E-state index is 0.344. The van der Waals surface area contributed by atoms with Crippen molar-refractivity contribution in [1.29, 1.82) is 0 Å². The predicted octanol–water partition coefficient (Wildman–Crippen LogP) is 3.56. The molecule has 1 aliphatic carbocycles. The first-order chi connectivity index (χ1) is 9.84. The van der Waals surface area contributed by atoms with Crippen molar-refractivity contribution < 1.29 is 27.8 Å². The fourth-order valence-corrected chi connectivity index (χ4v) is 2.90. The summed E-state index contributed by atoms with van der Waals surface area (Å²) in [7, 11) is 0. The molecule has 1 atom stereocenters. The molecule has 0 spiro atoms. The van der Waals surface area contributed by atoms with Gasteiger partial charge in [-0.25, -0.2) is 0 Å². The van der Waals surface area contributed by atoms with Gasteiger partial charge in [0.05, 0.1) is 11.5 Å². The van der Waals surface area contributed by atoms with Gasteiger partial charge in [0.25, 0.3) is 0 Å². The Morgan fingerprint density at radius 1 is 1.24 bits per heavy atom. The molecule has 1 saturated carbocycles. The zero-order valence-electron chi connectivity index (χ0n) is 11.4. The average molecular weight is 302 g/mol. The number of ether oxygens (including phenoxy) is 1. The summed E-state index contributed by atoms with van der Waals surface area (Å²) >= 11 is 0. The zero-order valence-corrected chi connectivity index (χ0v) is 11.4. The van der Waals surface area contributed by atoms with Crippen LogP contribution in [0.15, 0.2) is 24.3 Å². The van der Waals surface area contributed by atoms with E-state index in [4.69, 9.17) is 0 Å². The quantitative estimate of drug-likeness (QED) is 0.865. The van der Waals surface area contributed by atoms with Crippen LogP contribution in [0.25, 0.3) is 0 Å². The van der Waals surface area contributed by atoms with E-state index in [1.807, 2.05) is 0 Å². The minimum Gasteiger partial charge on any atom is -0.406 e. The number of halogens is 3. The van der Waals surface area contributed by atoms with Gasteiger partial charge in [-0.05, 0) is 30.5 Å². The van der Waals surface area contributed by atoms with Gasteiger partial charge in [0, 0.05) is 0 Å². The minimum atomic E-state index is -4.78. The van der Waals surface area contributed by atoms with Crippen molar-refractivity contribution in [1.82, 2.24) is 0 Å². The summed E-state index contributed by atoms with van der Waals surface area (Å²) in [6.45, 7) is 0. The third-order valence-corrected chi connectivity index (χ3v) is 3.89. The van der Waals surface area contributed by atoms with Crippen LogP contribution in [0.2, 0.25) is 0 Å². The summed E-state index contributed by atoms with van der Waals surface area (Å²) in [4.78, 5) is 11.4. The highest BCUT2D eigenvalue weighted by molar-refractivity contribution is 5.65. The molecule has 21 heavy (non-hydrogen) atoms. The van der Waals surface area contributed by atoms with Gasteiger partial charge in [-0.2, -0.15) is 0 Å². The van der Waals surface area contributed by atoms with Crippen LogP contribution >= 0.6 is 0 Å². The highest BCUT2D eigenvalue weighted by Crippen LogP contribution is 2.39. The third-order valence-electron chi connectivity index (χ3n) is 3.89. The number of carbonyl (C=O) groups is 1. The first-order valence-electron chi connectivity index (χ1n) is 6.87. The number of benzene rings is 1. The normalized spacial score (nSPS) is 19.8. The Morgan fingerprint density at radius 3 is 2.48 bits per heavy atom. The first kappa shape index (κ1) is 15.8. The van der Waals surface area contributed by atoms with Gasteiger partial charge in [-0.3, -0.25) is 0 Å². The Balaban J connectivity index is 2.26. The maximum Gasteiger partial charge on any atom is 0.573 e. The maximum atomic E-state index is 12.2. The molecule has 0 heterocycles. The van der Waals surface area contributed by atoms with Crippen molar-refractivity contribution in [3.05, 3.63) is 29.8 Å². The molecule has 1 fully saturated rings. The van der Waals surface area contributed by atoms with Crippen LogP contribution in [-0.4, -0.2) is 23.4 Å². The van der Waals surface area contributed by atoms with Crippen LogP contribution in [0.5, 0.6) is 5.75 Å². The lowest BCUT2D eigenvalue weighted by atomic mass is 9.73. The molecule has 116 valence electrons. The summed E-state index contributed by atoms with van der Waals surface area (Å²) in [5, 5.41) is 10.6. The molecule has 0 radical (unpaired) electrons. The van der Waals surface area contributed by atoms with E-state index in [9.17, 15) is 23.1 Å². The second-order valence-electron chi connectivity index (χ2n) is 5.40. The van der Waals surface area contributed by atoms with E-state index in [1.165, 1.54) is 24.3 Å². The Labute approximate surface area is 120 Å². The van der Waals surface area contributed by atoms with E-state index in [2.05, 4.69) is 4.74 Å². The molecule has 3 nitrogen and oxygen atoms in total. The summed E-state index contributed by atoms with van der Waals surface area (Å²) in [5.41, 5.74) is -0.840. The Hall–Kier alpha value is -1.56. The predicted molar refractivity (Wildman–Crippen MR) is 70.0 cm³/mol. The number of alkyl halides is 3. The second kappa shape index (κ2) is 6.05. The Morgan fingerprint density at radius 2 is 1.90 bits per heavy atom. The van der Waals surface area contributed by atoms with Gasteiger partial charge >= 0.3 is 6.36 Å². The molecule has 0 saturated heterocycles. The largest absolute Gasteiger partial charge is 0.573 e. The number of aliphatic hydroxyl groups is 1. The summed E-state index contributed by atoms with van der Waals surface area (Å²) < 4.78 is 40.6. The number of hydrogen-bond acceptors (Lipinski definition) is 3. The highest BCUT2D eigenvalue weighted by atomic mass is 19.4. The van der Waals surface area contributed by atoms with Crippen LogP contribution in [-0.2, 0) is 4.79 Å². The van der Waals surface area contributed by atoms with Crippen molar-refractivity contribution in [3.63, 3.8) is 0 Å². The number of carbonyl (C=O) groups excluding carboxylic acids is 1. The molecule has 6 heteroatoms. The van der Waals surface area contributed by atoms with E-state index in [-0.39, 0.29) is 5.75 Å². The van der Waals surface area contributed by atoms with Crippen molar-refractivity contribution in [2.24, 2.45) is 0 Å². The van der Waals surface area contributed by atoms with Crippen molar-refractivity contribution in [2.75, 3.05) is 0 Å². The Kier molecular flexibility index (Phi) is 4.56. The van der Waals surface area contributed by atoms with Crippen LogP contribution in [0.4, 0.5) is 13.2 Å². The van der Waals surface area contributed by atoms with Gasteiger partial charge in [0.15, 0.2) is 0 Å². The van der Waals surface area contributed by atoms with Crippen LogP contribution in [0.3, 0.4) is 0 Å². The maximum absolute atomic E-state index is 12.2. The van der Waals surface area contributed by atoms with Gasteiger partial charge in [0.2, 0.25) is 0 Å². The average Bonchev–Trinajstić information content (AvgIpc) is 2.38. The molecule has 2 rings (SSSR count). The zero-order chi connectivity index (χ0) is 15.5. The lowest BCUT2D eigenvalue weighted by molar-refractivity contribution is -0.274. The molecule has 0 aliphatic heterocycles. The van der Waals surface area contributed by atoms with E-state index in [0.717, 1.165) is 19.3 Å². The molecule has 1 aromatic rings. The molecule has 0 bridgehead atoms. The molecule has 0 aromatic heterocycles. The summed E-state index contributed by atoms with van der Waals surface area (Å²) in [6, 6.07) is 5.26. The smallest absolute Gasteiger partial charge is 0.406 e. The molecule has 1 aliphatic rings. The number of hydrogen-bond donors (Lipinski definition) is 1. The topological polar surface area (TPSA) is 46.5 Å². The molecule has 1 N–H and O–H groups in total. The molecule has 0 amide bonds. The lowest BCUT2D eigenvalue weighted by Gasteiger charge is -2.36. The van der Waals surface area contributed by atoms with Crippen molar-refractivity contribution >= 4 is 6.29 Å². The third kappa shape index (κ3) is 3.97. The van der Waals surface area contributed by atoms with Gasteiger partial charge in [0.1, 0.15) is 12.0 Å². The standard InChI is InChI=1S/C15H17F3O3/c16-15(17,18)21-12-6-4-5-11(9-12)13(10-19)14(20)7-2-1-3-8-14/h4-6,9-10,13,20H,1-3,7-8H2. The summed E-state index contributed by atoms with van der Waals surface area (Å²) in [5.74, 6) is -1.22. The SMILES string of the molecule is O=CC(c1cccc(OC(F)(F)F)c1)C1(O)CCCCC1. The second-order valence-corrected chi connectivity index (χ2v) is 5.40. The number of rotatable bonds is 4. The number of aldehydes is 1. The molecular weight excluding hydrogens is 285 g/mol. The molecular formula is C15H17F3O3. The van der Waals surface area contributed by atoms with E-state index in [1.54, 1.807) is 0 Å². The van der Waals surface area contributed by atoms with Gasteiger partial charge < -0.3 is 14.6 Å². The van der Waals surface area contributed by atoms with E-state index < -0.39 is 17.9 Å². The van der Waals surface area contributed by atoms with E-state index >= 15 is 0 Å². The fourth-order valence-electron chi connectivity index (χ4n) is 2.90. The fraction of sp³-hybridized carbons (Fsp3) is 0.533. The van der Waals surface area contributed by atoms with Gasteiger partial charge in [-0.1, -0.05) is 31.4 Å². The highest BCUT2D eigenvalue weighted by Gasteiger charge is 2.39. The monoisotopic (exact) mass is 302 g/mol.